The van der Waals surface area contributed by atoms with Crippen molar-refractivity contribution in [3.05, 3.63) is 86.3 Å². The second-order valence-electron chi connectivity index (χ2n) is 12.9. The standard InChI is InChI=1S/C41H46O5S2/c1-5-7-8-9-10-11-12-13-20-44-21-19-28-24-34(47-27(28)4)31-17-15-30-23-32(18-16-29(30)22-31)35-25-33(14-6-2)39(48-35)38-37-36(40(42)46-38)26(3)45-41(37)43/h15-18,22-25H,5-14,19-21H2,1-4H3. The predicted octanol–water partition coefficient (Wildman–Crippen LogP) is 11.4. The minimum Gasteiger partial charge on any atom is -0.427 e. The average molecular weight is 683 g/mol. The van der Waals surface area contributed by atoms with Gasteiger partial charge in [0.1, 0.15) is 16.9 Å². The second kappa shape index (κ2) is 15.8. The van der Waals surface area contributed by atoms with Gasteiger partial charge in [-0.05, 0) is 90.4 Å². The Hall–Kier alpha value is -3.52. The Morgan fingerprint density at radius 3 is 1.94 bits per heavy atom. The summed E-state index contributed by atoms with van der Waals surface area (Å²) in [5.41, 5.74) is 5.30. The third kappa shape index (κ3) is 7.54. The van der Waals surface area contributed by atoms with Crippen molar-refractivity contribution >= 4 is 51.1 Å². The van der Waals surface area contributed by atoms with Crippen LogP contribution >= 0.6 is 22.7 Å². The van der Waals surface area contributed by atoms with Crippen LogP contribution in [0.25, 0.3) is 37.4 Å². The number of hydrogen-bond acceptors (Lipinski definition) is 7. The maximum atomic E-state index is 12.6. The number of rotatable bonds is 17. The van der Waals surface area contributed by atoms with Crippen molar-refractivity contribution in [2.24, 2.45) is 0 Å². The minimum atomic E-state index is -0.516. The van der Waals surface area contributed by atoms with E-state index in [-0.39, 0.29) is 11.1 Å². The molecule has 0 saturated carbocycles. The third-order valence-corrected chi connectivity index (χ3v) is 11.7. The van der Waals surface area contributed by atoms with Crippen molar-refractivity contribution in [2.45, 2.75) is 98.3 Å². The first-order valence-corrected chi connectivity index (χ1v) is 19.3. The Bertz CT molecular complexity index is 1870. The molecule has 2 aromatic carbocycles. The van der Waals surface area contributed by atoms with Crippen LogP contribution in [0, 0.1) is 6.92 Å². The van der Waals surface area contributed by atoms with Gasteiger partial charge in [0.25, 0.3) is 0 Å². The van der Waals surface area contributed by atoms with Crippen LogP contribution in [0.3, 0.4) is 0 Å². The minimum absolute atomic E-state index is 0.254. The van der Waals surface area contributed by atoms with Gasteiger partial charge >= 0.3 is 11.9 Å². The summed E-state index contributed by atoms with van der Waals surface area (Å²) in [6.45, 7) is 9.88. The molecule has 0 saturated heterocycles. The molecule has 5 nitrogen and oxygen atoms in total. The van der Waals surface area contributed by atoms with Gasteiger partial charge in [-0.25, -0.2) is 9.59 Å². The van der Waals surface area contributed by atoms with E-state index in [1.807, 2.05) is 11.3 Å². The van der Waals surface area contributed by atoms with Crippen molar-refractivity contribution in [2.75, 3.05) is 13.2 Å². The molecule has 0 N–H and O–H groups in total. The second-order valence-corrected chi connectivity index (χ2v) is 15.2. The lowest BCUT2D eigenvalue weighted by Crippen LogP contribution is -2.00. The summed E-state index contributed by atoms with van der Waals surface area (Å²) in [6, 6.07) is 17.8. The SMILES string of the molecule is CCCCCCCCCCOCCc1cc(-c2ccc3cc(-c4cc(CCC)c(C5=C6C(=O)OC(C)=C6C(=O)O5)s4)ccc3c2)sc1C. The molecular weight excluding hydrogens is 637 g/mol. The van der Waals surface area contributed by atoms with Crippen molar-refractivity contribution in [1.29, 1.82) is 0 Å². The van der Waals surface area contributed by atoms with E-state index >= 15 is 0 Å². The molecule has 0 bridgehead atoms. The fourth-order valence-corrected chi connectivity index (χ4v) is 8.89. The number of carbonyl (C=O) groups excluding carboxylic acids is 2. The predicted molar refractivity (Wildman–Crippen MR) is 198 cm³/mol. The van der Waals surface area contributed by atoms with E-state index in [0.717, 1.165) is 59.8 Å². The van der Waals surface area contributed by atoms with Crippen LogP contribution in [0.1, 0.15) is 99.4 Å². The summed E-state index contributed by atoms with van der Waals surface area (Å²) in [5.74, 6) is -0.386. The largest absolute Gasteiger partial charge is 0.427 e. The maximum Gasteiger partial charge on any atom is 0.348 e. The topological polar surface area (TPSA) is 61.8 Å². The Morgan fingerprint density at radius 1 is 0.625 bits per heavy atom. The fraction of sp³-hybridized carbons (Fsp3) is 0.415. The lowest BCUT2D eigenvalue weighted by Gasteiger charge is -2.05. The number of benzene rings is 2. The molecule has 0 spiro atoms. The van der Waals surface area contributed by atoms with Crippen LogP contribution in [-0.4, -0.2) is 25.2 Å². The van der Waals surface area contributed by atoms with Crippen LogP contribution in [0.15, 0.2) is 65.4 Å². The van der Waals surface area contributed by atoms with E-state index in [2.05, 4.69) is 69.3 Å². The monoisotopic (exact) mass is 682 g/mol. The summed E-state index contributed by atoms with van der Waals surface area (Å²) in [4.78, 5) is 29.8. The van der Waals surface area contributed by atoms with Crippen molar-refractivity contribution < 1.29 is 23.8 Å². The first-order chi connectivity index (χ1) is 23.4. The lowest BCUT2D eigenvalue weighted by molar-refractivity contribution is -0.133. The molecule has 48 heavy (non-hydrogen) atoms. The van der Waals surface area contributed by atoms with E-state index in [1.54, 1.807) is 18.3 Å². The Kier molecular flexibility index (Phi) is 11.3. The summed E-state index contributed by atoms with van der Waals surface area (Å²) in [7, 11) is 0. The Labute approximate surface area is 292 Å². The molecule has 4 aromatic rings. The van der Waals surface area contributed by atoms with E-state index in [0.29, 0.717) is 11.5 Å². The molecule has 252 valence electrons. The highest BCUT2D eigenvalue weighted by molar-refractivity contribution is 7.16. The zero-order valence-electron chi connectivity index (χ0n) is 28.7. The molecule has 2 aromatic heterocycles. The molecule has 0 fully saturated rings. The first-order valence-electron chi connectivity index (χ1n) is 17.6. The smallest absolute Gasteiger partial charge is 0.348 e. The van der Waals surface area contributed by atoms with Gasteiger partial charge in [-0.15, -0.1) is 22.7 Å². The maximum absolute atomic E-state index is 12.6. The average Bonchev–Trinajstić information content (AvgIpc) is 3.83. The number of carbonyl (C=O) groups is 2. The summed E-state index contributed by atoms with van der Waals surface area (Å²) in [5, 5.41) is 2.36. The highest BCUT2D eigenvalue weighted by Crippen LogP contribution is 2.45. The molecule has 2 aliphatic rings. The van der Waals surface area contributed by atoms with E-state index in [4.69, 9.17) is 14.2 Å². The van der Waals surface area contributed by atoms with Crippen LogP contribution < -0.4 is 0 Å². The number of cyclic esters (lactones) is 2. The molecule has 0 atom stereocenters. The van der Waals surface area contributed by atoms with Crippen molar-refractivity contribution in [1.82, 2.24) is 0 Å². The summed E-state index contributed by atoms with van der Waals surface area (Å²) in [6.07, 6.45) is 13.3. The van der Waals surface area contributed by atoms with Gasteiger partial charge < -0.3 is 14.2 Å². The van der Waals surface area contributed by atoms with Gasteiger partial charge in [0, 0.05) is 21.2 Å². The van der Waals surface area contributed by atoms with Gasteiger partial charge in [-0.1, -0.05) is 89.5 Å². The number of thiophene rings is 2. The van der Waals surface area contributed by atoms with Gasteiger partial charge in [-0.2, -0.15) is 0 Å². The van der Waals surface area contributed by atoms with Crippen molar-refractivity contribution in [3.63, 3.8) is 0 Å². The molecule has 0 radical (unpaired) electrons. The van der Waals surface area contributed by atoms with E-state index in [1.165, 1.54) is 76.6 Å². The summed E-state index contributed by atoms with van der Waals surface area (Å²) < 4.78 is 16.9. The van der Waals surface area contributed by atoms with Crippen LogP contribution in [0.4, 0.5) is 0 Å². The van der Waals surface area contributed by atoms with E-state index in [9.17, 15) is 9.59 Å². The zero-order chi connectivity index (χ0) is 33.6. The first kappa shape index (κ1) is 34.3. The number of ether oxygens (including phenoxy) is 3. The van der Waals surface area contributed by atoms with Gasteiger partial charge in [-0.3, -0.25) is 0 Å². The molecule has 0 amide bonds. The van der Waals surface area contributed by atoms with Crippen LogP contribution in [0.2, 0.25) is 0 Å². The number of allylic oxidation sites excluding steroid dienone is 1. The van der Waals surface area contributed by atoms with Crippen LogP contribution in [0.5, 0.6) is 0 Å². The van der Waals surface area contributed by atoms with Crippen LogP contribution in [-0.2, 0) is 36.6 Å². The number of unbranched alkanes of at least 4 members (excludes halogenated alkanes) is 7. The molecule has 4 heterocycles. The quantitative estimate of drug-likeness (QED) is 0.0819. The number of aryl methyl sites for hydroxylation is 2. The normalized spacial score (nSPS) is 14.4. The highest BCUT2D eigenvalue weighted by atomic mass is 32.1. The molecular formula is C41H46O5S2. The van der Waals surface area contributed by atoms with Crippen molar-refractivity contribution in [3.8, 4) is 20.9 Å². The Morgan fingerprint density at radius 2 is 1.25 bits per heavy atom. The van der Waals surface area contributed by atoms with Gasteiger partial charge in [0.2, 0.25) is 0 Å². The van der Waals surface area contributed by atoms with E-state index < -0.39 is 11.9 Å². The summed E-state index contributed by atoms with van der Waals surface area (Å²) >= 11 is 3.42. The highest BCUT2D eigenvalue weighted by Gasteiger charge is 2.44. The number of esters is 2. The molecule has 6 rings (SSSR count). The molecule has 2 aliphatic heterocycles. The Balaban J connectivity index is 1.11. The molecule has 7 heteroatoms. The number of fused-ring (bicyclic) bond motifs is 2. The molecule has 0 unspecified atom stereocenters. The third-order valence-electron chi connectivity index (χ3n) is 9.30. The zero-order valence-corrected chi connectivity index (χ0v) is 30.3. The van der Waals surface area contributed by atoms with Gasteiger partial charge in [0.15, 0.2) is 5.76 Å². The lowest BCUT2D eigenvalue weighted by atomic mass is 10.0. The molecule has 0 aliphatic carbocycles. The van der Waals surface area contributed by atoms with Gasteiger partial charge in [0.05, 0.1) is 11.5 Å². The number of hydrogen-bond donors (Lipinski definition) is 0. The fourth-order valence-electron chi connectivity index (χ4n) is 6.63.